The van der Waals surface area contributed by atoms with E-state index in [0.717, 1.165) is 30.0 Å². The molecule has 1 aromatic heterocycles. The monoisotopic (exact) mass is 335 g/mol. The average molecular weight is 336 g/mol. The first-order chi connectivity index (χ1) is 9.63. The number of furan rings is 1. The molecular formula is C16H18BrNO2. The lowest BCUT2D eigenvalue weighted by atomic mass is 10.1. The summed E-state index contributed by atoms with van der Waals surface area (Å²) in [5.41, 5.74) is 0.832. The van der Waals surface area contributed by atoms with Crippen molar-refractivity contribution in [3.63, 3.8) is 0 Å². The molecule has 20 heavy (non-hydrogen) atoms. The number of alkyl halides is 1. The quantitative estimate of drug-likeness (QED) is 0.799. The van der Waals surface area contributed by atoms with E-state index in [1.54, 1.807) is 0 Å². The fourth-order valence-electron chi connectivity index (χ4n) is 1.96. The van der Waals surface area contributed by atoms with E-state index in [1.807, 2.05) is 49.4 Å². The van der Waals surface area contributed by atoms with Crippen LogP contribution in [0.25, 0.3) is 0 Å². The van der Waals surface area contributed by atoms with Crippen LogP contribution in [0.2, 0.25) is 0 Å². The van der Waals surface area contributed by atoms with E-state index in [0.29, 0.717) is 6.42 Å². The molecule has 0 aliphatic heterocycles. The van der Waals surface area contributed by atoms with Gasteiger partial charge in [-0.2, -0.15) is 0 Å². The van der Waals surface area contributed by atoms with Crippen LogP contribution in [-0.2, 0) is 11.2 Å². The first-order valence-corrected chi connectivity index (χ1v) is 7.59. The second kappa shape index (κ2) is 7.29. The molecule has 0 saturated carbocycles. The topological polar surface area (TPSA) is 42.2 Å². The van der Waals surface area contributed by atoms with Gasteiger partial charge >= 0.3 is 0 Å². The highest BCUT2D eigenvalue weighted by atomic mass is 79.9. The molecule has 1 N–H and O–H groups in total. The molecular weight excluding hydrogens is 318 g/mol. The molecule has 1 heterocycles. The standard InChI is InChI=1S/C16H18BrNO2/c1-12-7-9-15(20-12)10-8-13(17)11-16(19)18-14-5-3-2-4-6-14/h2-7,9,13H,8,10-11H2,1H3,(H,18,19). The number of para-hydroxylation sites is 1. The molecule has 0 radical (unpaired) electrons. The Balaban J connectivity index is 1.73. The van der Waals surface area contributed by atoms with Crippen molar-refractivity contribution in [1.29, 1.82) is 0 Å². The molecule has 1 amide bonds. The van der Waals surface area contributed by atoms with Crippen molar-refractivity contribution in [3.05, 3.63) is 54.0 Å². The predicted octanol–water partition coefficient (Wildman–Crippen LogP) is 4.31. The maximum atomic E-state index is 11.9. The Morgan fingerprint density at radius 1 is 1.25 bits per heavy atom. The third kappa shape index (κ3) is 4.85. The van der Waals surface area contributed by atoms with Gasteiger partial charge in [-0.1, -0.05) is 34.1 Å². The molecule has 1 unspecified atom stereocenters. The molecule has 0 spiro atoms. The number of benzene rings is 1. The zero-order chi connectivity index (χ0) is 14.4. The van der Waals surface area contributed by atoms with Crippen molar-refractivity contribution in [2.24, 2.45) is 0 Å². The van der Waals surface area contributed by atoms with Crippen LogP contribution in [0.4, 0.5) is 5.69 Å². The average Bonchev–Trinajstić information content (AvgIpc) is 2.83. The van der Waals surface area contributed by atoms with Gasteiger partial charge in [0.05, 0.1) is 0 Å². The largest absolute Gasteiger partial charge is 0.466 e. The molecule has 4 heteroatoms. The zero-order valence-electron chi connectivity index (χ0n) is 11.4. The van der Waals surface area contributed by atoms with Gasteiger partial charge < -0.3 is 9.73 Å². The third-order valence-electron chi connectivity index (χ3n) is 2.96. The van der Waals surface area contributed by atoms with Gasteiger partial charge in [0.1, 0.15) is 11.5 Å². The van der Waals surface area contributed by atoms with E-state index in [-0.39, 0.29) is 10.7 Å². The zero-order valence-corrected chi connectivity index (χ0v) is 13.0. The second-order valence-corrected chi connectivity index (χ2v) is 6.06. The summed E-state index contributed by atoms with van der Waals surface area (Å²) in [7, 11) is 0. The molecule has 0 aliphatic rings. The van der Waals surface area contributed by atoms with E-state index in [2.05, 4.69) is 21.2 Å². The third-order valence-corrected chi connectivity index (χ3v) is 3.75. The van der Waals surface area contributed by atoms with Crippen LogP contribution in [0.3, 0.4) is 0 Å². The van der Waals surface area contributed by atoms with Gasteiger partial charge in [0.25, 0.3) is 0 Å². The number of amides is 1. The molecule has 0 aliphatic carbocycles. The Kier molecular flexibility index (Phi) is 5.41. The molecule has 1 atom stereocenters. The summed E-state index contributed by atoms with van der Waals surface area (Å²) >= 11 is 3.55. The van der Waals surface area contributed by atoms with Crippen LogP contribution in [0.1, 0.15) is 24.4 Å². The van der Waals surface area contributed by atoms with Crippen LogP contribution < -0.4 is 5.32 Å². The van der Waals surface area contributed by atoms with Gasteiger partial charge in [0.2, 0.25) is 5.91 Å². The van der Waals surface area contributed by atoms with E-state index in [9.17, 15) is 4.79 Å². The predicted molar refractivity (Wildman–Crippen MR) is 84.2 cm³/mol. The molecule has 0 bridgehead atoms. The van der Waals surface area contributed by atoms with Crippen LogP contribution in [0.15, 0.2) is 46.9 Å². The number of rotatable bonds is 6. The number of carbonyl (C=O) groups is 1. The minimum absolute atomic E-state index is 0.0219. The number of halogens is 1. The summed E-state index contributed by atoms with van der Waals surface area (Å²) in [6.07, 6.45) is 2.16. The Bertz CT molecular complexity index is 551. The van der Waals surface area contributed by atoms with Crippen LogP contribution >= 0.6 is 15.9 Å². The molecule has 0 saturated heterocycles. The van der Waals surface area contributed by atoms with Crippen molar-refractivity contribution in [2.75, 3.05) is 5.32 Å². The van der Waals surface area contributed by atoms with Crippen LogP contribution in [-0.4, -0.2) is 10.7 Å². The Labute approximate surface area is 127 Å². The molecule has 1 aromatic carbocycles. The van der Waals surface area contributed by atoms with Crippen molar-refractivity contribution >= 4 is 27.5 Å². The van der Waals surface area contributed by atoms with Crippen LogP contribution in [0.5, 0.6) is 0 Å². The van der Waals surface area contributed by atoms with E-state index in [1.165, 1.54) is 0 Å². The van der Waals surface area contributed by atoms with Crippen molar-refractivity contribution in [3.8, 4) is 0 Å². The summed E-state index contributed by atoms with van der Waals surface area (Å²) in [6.45, 7) is 1.93. The summed E-state index contributed by atoms with van der Waals surface area (Å²) < 4.78 is 5.51. The van der Waals surface area contributed by atoms with E-state index >= 15 is 0 Å². The minimum Gasteiger partial charge on any atom is -0.466 e. The highest BCUT2D eigenvalue weighted by Gasteiger charge is 2.12. The Morgan fingerprint density at radius 3 is 2.65 bits per heavy atom. The van der Waals surface area contributed by atoms with Crippen molar-refractivity contribution < 1.29 is 9.21 Å². The van der Waals surface area contributed by atoms with Gasteiger partial charge in [-0.25, -0.2) is 0 Å². The second-order valence-electron chi connectivity index (χ2n) is 4.77. The normalized spacial score (nSPS) is 12.1. The molecule has 2 rings (SSSR count). The first-order valence-electron chi connectivity index (χ1n) is 6.68. The van der Waals surface area contributed by atoms with Gasteiger partial charge in [0, 0.05) is 23.4 Å². The van der Waals surface area contributed by atoms with Crippen LogP contribution in [0, 0.1) is 6.92 Å². The number of hydrogen-bond donors (Lipinski definition) is 1. The number of anilines is 1. The minimum atomic E-state index is 0.0219. The SMILES string of the molecule is Cc1ccc(CCC(Br)CC(=O)Nc2ccccc2)o1. The number of hydrogen-bond acceptors (Lipinski definition) is 2. The van der Waals surface area contributed by atoms with Gasteiger partial charge in [-0.05, 0) is 37.6 Å². The summed E-state index contributed by atoms with van der Waals surface area (Å²) in [6, 6.07) is 13.4. The molecule has 106 valence electrons. The lowest BCUT2D eigenvalue weighted by Gasteiger charge is -2.09. The Hall–Kier alpha value is -1.55. The highest BCUT2D eigenvalue weighted by molar-refractivity contribution is 9.09. The van der Waals surface area contributed by atoms with Gasteiger partial charge in [-0.3, -0.25) is 4.79 Å². The van der Waals surface area contributed by atoms with E-state index < -0.39 is 0 Å². The highest BCUT2D eigenvalue weighted by Crippen LogP contribution is 2.17. The van der Waals surface area contributed by atoms with Gasteiger partial charge in [-0.15, -0.1) is 0 Å². The summed E-state index contributed by atoms with van der Waals surface area (Å²) in [5, 5.41) is 2.88. The van der Waals surface area contributed by atoms with Crippen molar-refractivity contribution in [2.45, 2.75) is 31.0 Å². The maximum Gasteiger partial charge on any atom is 0.225 e. The maximum absolute atomic E-state index is 11.9. The fourth-order valence-corrected chi connectivity index (χ4v) is 2.48. The number of carbonyl (C=O) groups excluding carboxylic acids is 1. The molecule has 0 fully saturated rings. The fraction of sp³-hybridized carbons (Fsp3) is 0.312. The van der Waals surface area contributed by atoms with E-state index in [4.69, 9.17) is 4.42 Å². The lowest BCUT2D eigenvalue weighted by molar-refractivity contribution is -0.116. The van der Waals surface area contributed by atoms with Gasteiger partial charge in [0.15, 0.2) is 0 Å². The Morgan fingerprint density at radius 2 is 2.00 bits per heavy atom. The number of aryl methyl sites for hydroxylation is 2. The van der Waals surface area contributed by atoms with Crippen molar-refractivity contribution in [1.82, 2.24) is 0 Å². The number of nitrogens with one attached hydrogen (secondary N) is 1. The first kappa shape index (κ1) is 14.9. The molecule has 3 nitrogen and oxygen atoms in total. The summed E-state index contributed by atoms with van der Waals surface area (Å²) in [5.74, 6) is 1.91. The smallest absolute Gasteiger partial charge is 0.225 e. The summed E-state index contributed by atoms with van der Waals surface area (Å²) in [4.78, 5) is 12.0. The molecule has 2 aromatic rings. The lowest BCUT2D eigenvalue weighted by Crippen LogP contribution is -2.16.